The average Bonchev–Trinajstić information content (AvgIpc) is 2.87. The molecule has 1 aromatic rings. The maximum Gasteiger partial charge on any atom is 0.255 e. The number of hydrogen-bond donors (Lipinski definition) is 2. The third-order valence-corrected chi connectivity index (χ3v) is 4.81. The number of hydrogen-bond acceptors (Lipinski definition) is 3. The number of nitrogens with one attached hydrogen (secondary N) is 2. The SMILES string of the molecule is Cc1cc(=O)[nH]cc1C(=O)N1CCC2(CCNC2)CC1.Cl. The van der Waals surface area contributed by atoms with Crippen molar-refractivity contribution in [3.63, 3.8) is 0 Å². The van der Waals surface area contributed by atoms with Gasteiger partial charge in [0.25, 0.3) is 5.91 Å². The number of aromatic nitrogens is 1. The van der Waals surface area contributed by atoms with Crippen molar-refractivity contribution < 1.29 is 4.79 Å². The lowest BCUT2D eigenvalue weighted by atomic mass is 9.78. The van der Waals surface area contributed by atoms with Crippen LogP contribution in [-0.4, -0.2) is 42.0 Å². The van der Waals surface area contributed by atoms with E-state index in [0.29, 0.717) is 11.0 Å². The highest BCUT2D eigenvalue weighted by Gasteiger charge is 2.38. The second kappa shape index (κ2) is 6.20. The van der Waals surface area contributed by atoms with Crippen molar-refractivity contribution in [3.05, 3.63) is 33.7 Å². The molecule has 1 aromatic heterocycles. The Hall–Kier alpha value is -1.33. The fourth-order valence-electron chi connectivity index (χ4n) is 3.38. The molecule has 0 aromatic carbocycles. The number of pyridine rings is 1. The molecule has 21 heavy (non-hydrogen) atoms. The van der Waals surface area contributed by atoms with Gasteiger partial charge in [0.15, 0.2) is 0 Å². The molecule has 1 spiro atoms. The summed E-state index contributed by atoms with van der Waals surface area (Å²) in [5.74, 6) is 0.0413. The van der Waals surface area contributed by atoms with E-state index < -0.39 is 0 Å². The van der Waals surface area contributed by atoms with Crippen LogP contribution in [0.1, 0.15) is 35.2 Å². The van der Waals surface area contributed by atoms with Crippen molar-refractivity contribution >= 4 is 18.3 Å². The highest BCUT2D eigenvalue weighted by atomic mass is 35.5. The summed E-state index contributed by atoms with van der Waals surface area (Å²) in [7, 11) is 0. The van der Waals surface area contributed by atoms with Crippen LogP contribution in [0.25, 0.3) is 0 Å². The molecule has 2 aliphatic rings. The zero-order valence-electron chi connectivity index (χ0n) is 12.3. The minimum Gasteiger partial charge on any atom is -0.339 e. The summed E-state index contributed by atoms with van der Waals surface area (Å²) in [5, 5.41) is 3.43. The van der Waals surface area contributed by atoms with Crippen LogP contribution in [0.4, 0.5) is 0 Å². The minimum atomic E-state index is -0.159. The molecule has 2 saturated heterocycles. The third-order valence-electron chi connectivity index (χ3n) is 4.81. The van der Waals surface area contributed by atoms with Crippen LogP contribution < -0.4 is 10.9 Å². The quantitative estimate of drug-likeness (QED) is 0.822. The zero-order chi connectivity index (χ0) is 14.2. The van der Waals surface area contributed by atoms with E-state index in [2.05, 4.69) is 10.3 Å². The second-order valence-electron chi connectivity index (χ2n) is 6.11. The Bertz CT molecular complexity index is 569. The fraction of sp³-hybridized carbons (Fsp3) is 0.600. The van der Waals surface area contributed by atoms with Gasteiger partial charge in [-0.2, -0.15) is 0 Å². The summed E-state index contributed by atoms with van der Waals surface area (Å²) in [5.41, 5.74) is 1.62. The molecule has 0 bridgehead atoms. The number of carbonyl (C=O) groups is 1. The minimum absolute atomic E-state index is 0. The van der Waals surface area contributed by atoms with E-state index in [1.165, 1.54) is 12.5 Å². The molecule has 0 saturated carbocycles. The first-order valence-electron chi connectivity index (χ1n) is 7.29. The standard InChI is InChI=1S/C15H21N3O2.ClH/c1-11-8-13(19)17-9-12(11)14(20)18-6-3-15(4-7-18)2-5-16-10-15;/h8-9,16H,2-7,10H2,1H3,(H,17,19);1H. The van der Waals surface area contributed by atoms with E-state index in [4.69, 9.17) is 0 Å². The van der Waals surface area contributed by atoms with Gasteiger partial charge in [-0.05, 0) is 43.7 Å². The van der Waals surface area contributed by atoms with E-state index in [1.807, 2.05) is 11.8 Å². The van der Waals surface area contributed by atoms with Crippen molar-refractivity contribution in [3.8, 4) is 0 Å². The van der Waals surface area contributed by atoms with Crippen molar-refractivity contribution in [2.45, 2.75) is 26.2 Å². The van der Waals surface area contributed by atoms with Crippen LogP contribution in [0.3, 0.4) is 0 Å². The molecule has 116 valence electrons. The molecule has 0 unspecified atom stereocenters. The van der Waals surface area contributed by atoms with E-state index in [1.54, 1.807) is 6.20 Å². The summed E-state index contributed by atoms with van der Waals surface area (Å²) >= 11 is 0. The number of rotatable bonds is 1. The molecule has 3 rings (SSSR count). The zero-order valence-corrected chi connectivity index (χ0v) is 13.1. The summed E-state index contributed by atoms with van der Waals surface area (Å²) in [4.78, 5) is 28.3. The molecule has 0 aliphatic carbocycles. The molecule has 2 fully saturated rings. The monoisotopic (exact) mass is 311 g/mol. The number of aromatic amines is 1. The van der Waals surface area contributed by atoms with E-state index >= 15 is 0 Å². The summed E-state index contributed by atoms with van der Waals surface area (Å²) in [6, 6.07) is 1.49. The van der Waals surface area contributed by atoms with Gasteiger partial charge >= 0.3 is 0 Å². The molecule has 5 nitrogen and oxygen atoms in total. The van der Waals surface area contributed by atoms with Gasteiger partial charge in [-0.15, -0.1) is 12.4 Å². The average molecular weight is 312 g/mol. The van der Waals surface area contributed by atoms with Gasteiger partial charge in [-0.3, -0.25) is 9.59 Å². The topological polar surface area (TPSA) is 65.2 Å². The van der Waals surface area contributed by atoms with Crippen LogP contribution >= 0.6 is 12.4 Å². The van der Waals surface area contributed by atoms with Crippen LogP contribution in [0.15, 0.2) is 17.1 Å². The van der Waals surface area contributed by atoms with E-state index in [0.717, 1.165) is 44.6 Å². The molecular formula is C15H22ClN3O2. The van der Waals surface area contributed by atoms with Crippen LogP contribution in [-0.2, 0) is 0 Å². The Labute approximate surface area is 130 Å². The number of nitrogens with zero attached hydrogens (tertiary/aromatic N) is 1. The summed E-state index contributed by atoms with van der Waals surface area (Å²) in [6.45, 7) is 5.65. The molecule has 2 aliphatic heterocycles. The molecule has 2 N–H and O–H groups in total. The lowest BCUT2D eigenvalue weighted by Gasteiger charge is -2.39. The Kier molecular flexibility index (Phi) is 4.74. The first kappa shape index (κ1) is 16.0. The van der Waals surface area contributed by atoms with Gasteiger partial charge in [0.05, 0.1) is 5.56 Å². The van der Waals surface area contributed by atoms with Gasteiger partial charge in [-0.1, -0.05) is 0 Å². The lowest BCUT2D eigenvalue weighted by Crippen LogP contribution is -2.44. The second-order valence-corrected chi connectivity index (χ2v) is 6.11. The maximum absolute atomic E-state index is 12.5. The Morgan fingerprint density at radius 2 is 2.00 bits per heavy atom. The number of halogens is 1. The van der Waals surface area contributed by atoms with Gasteiger partial charge in [-0.25, -0.2) is 0 Å². The van der Waals surface area contributed by atoms with Gasteiger partial charge in [0.1, 0.15) is 0 Å². The van der Waals surface area contributed by atoms with Gasteiger partial charge in [0, 0.05) is 31.9 Å². The molecular weight excluding hydrogens is 290 g/mol. The Balaban J connectivity index is 0.00000161. The number of likely N-dealkylation sites (tertiary alicyclic amines) is 1. The van der Waals surface area contributed by atoms with Crippen molar-refractivity contribution in [2.24, 2.45) is 5.41 Å². The summed E-state index contributed by atoms with van der Waals surface area (Å²) < 4.78 is 0. The van der Waals surface area contributed by atoms with Crippen molar-refractivity contribution in [2.75, 3.05) is 26.2 Å². The number of aryl methyl sites for hydroxylation is 1. The fourth-order valence-corrected chi connectivity index (χ4v) is 3.38. The lowest BCUT2D eigenvalue weighted by molar-refractivity contribution is 0.0606. The molecule has 0 atom stereocenters. The number of piperidine rings is 1. The maximum atomic E-state index is 12.5. The Morgan fingerprint density at radius 3 is 2.57 bits per heavy atom. The van der Waals surface area contributed by atoms with E-state index in [-0.39, 0.29) is 23.9 Å². The predicted octanol–water partition coefficient (Wildman–Crippen LogP) is 1.32. The molecule has 1 amide bonds. The number of carbonyl (C=O) groups excluding carboxylic acids is 1. The first-order chi connectivity index (χ1) is 9.60. The third kappa shape index (κ3) is 3.14. The van der Waals surface area contributed by atoms with Gasteiger partial charge < -0.3 is 15.2 Å². The largest absolute Gasteiger partial charge is 0.339 e. The molecule has 3 heterocycles. The smallest absolute Gasteiger partial charge is 0.255 e. The summed E-state index contributed by atoms with van der Waals surface area (Å²) in [6.07, 6.45) is 4.93. The number of H-pyrrole nitrogens is 1. The molecule has 0 radical (unpaired) electrons. The van der Waals surface area contributed by atoms with E-state index in [9.17, 15) is 9.59 Å². The van der Waals surface area contributed by atoms with Crippen LogP contribution in [0.2, 0.25) is 0 Å². The van der Waals surface area contributed by atoms with Crippen molar-refractivity contribution in [1.82, 2.24) is 15.2 Å². The van der Waals surface area contributed by atoms with Crippen molar-refractivity contribution in [1.29, 1.82) is 0 Å². The number of amides is 1. The van der Waals surface area contributed by atoms with Crippen LogP contribution in [0.5, 0.6) is 0 Å². The predicted molar refractivity (Wildman–Crippen MR) is 84.1 cm³/mol. The Morgan fingerprint density at radius 1 is 1.29 bits per heavy atom. The molecule has 6 heteroatoms. The van der Waals surface area contributed by atoms with Crippen LogP contribution in [0, 0.1) is 12.3 Å². The first-order valence-corrected chi connectivity index (χ1v) is 7.29. The highest BCUT2D eigenvalue weighted by molar-refractivity contribution is 5.95. The van der Waals surface area contributed by atoms with Gasteiger partial charge in [0.2, 0.25) is 5.56 Å². The highest BCUT2D eigenvalue weighted by Crippen LogP contribution is 2.37. The normalized spacial score (nSPS) is 20.3.